The largest absolute Gasteiger partial charge is 0.323 e. The van der Waals surface area contributed by atoms with E-state index in [1.54, 1.807) is 0 Å². The molecule has 1 atom stereocenters. The summed E-state index contributed by atoms with van der Waals surface area (Å²) in [6.07, 6.45) is 2.61. The molecular formula is C12H13ClN2S. The highest BCUT2D eigenvalue weighted by molar-refractivity contribution is 7.16. The van der Waals surface area contributed by atoms with Gasteiger partial charge in [-0.15, -0.1) is 11.3 Å². The van der Waals surface area contributed by atoms with E-state index in [2.05, 4.69) is 11.1 Å². The van der Waals surface area contributed by atoms with Crippen molar-refractivity contribution in [3.63, 3.8) is 0 Å². The molecule has 0 saturated carbocycles. The third-order valence-corrected chi connectivity index (χ3v) is 3.72. The SMILES string of the molecule is Cc1ccc(CC(N)c2ccc(Cl)s2)nc1. The van der Waals surface area contributed by atoms with Gasteiger partial charge in [0.25, 0.3) is 0 Å². The maximum Gasteiger partial charge on any atom is 0.0931 e. The van der Waals surface area contributed by atoms with Gasteiger partial charge in [0.05, 0.1) is 4.34 Å². The van der Waals surface area contributed by atoms with Crippen LogP contribution >= 0.6 is 22.9 Å². The third-order valence-electron chi connectivity index (χ3n) is 2.36. The van der Waals surface area contributed by atoms with Gasteiger partial charge in [0.15, 0.2) is 0 Å². The lowest BCUT2D eigenvalue weighted by atomic mass is 10.1. The molecule has 84 valence electrons. The van der Waals surface area contributed by atoms with Crippen LogP contribution in [-0.2, 0) is 6.42 Å². The minimum absolute atomic E-state index is 0.0206. The molecule has 0 radical (unpaired) electrons. The van der Waals surface area contributed by atoms with Crippen molar-refractivity contribution in [3.05, 3.63) is 50.9 Å². The van der Waals surface area contributed by atoms with E-state index in [1.165, 1.54) is 11.3 Å². The molecule has 0 aliphatic heterocycles. The maximum atomic E-state index is 6.09. The summed E-state index contributed by atoms with van der Waals surface area (Å²) in [5.74, 6) is 0. The van der Waals surface area contributed by atoms with Gasteiger partial charge in [-0.3, -0.25) is 4.98 Å². The summed E-state index contributed by atoms with van der Waals surface area (Å²) < 4.78 is 0.780. The fraction of sp³-hybridized carbons (Fsp3) is 0.250. The van der Waals surface area contributed by atoms with Gasteiger partial charge >= 0.3 is 0 Å². The zero-order valence-corrected chi connectivity index (χ0v) is 10.6. The van der Waals surface area contributed by atoms with Gasteiger partial charge in [-0.1, -0.05) is 17.7 Å². The lowest BCUT2D eigenvalue weighted by Gasteiger charge is -2.08. The van der Waals surface area contributed by atoms with Gasteiger partial charge in [0, 0.05) is 29.2 Å². The molecule has 2 N–H and O–H groups in total. The van der Waals surface area contributed by atoms with Crippen molar-refractivity contribution in [3.8, 4) is 0 Å². The lowest BCUT2D eigenvalue weighted by Crippen LogP contribution is -2.12. The Hall–Kier alpha value is -0.900. The number of rotatable bonds is 3. The van der Waals surface area contributed by atoms with Crippen LogP contribution in [0.3, 0.4) is 0 Å². The molecule has 0 aromatic carbocycles. The quantitative estimate of drug-likeness (QED) is 0.910. The molecule has 2 aromatic heterocycles. The Kier molecular flexibility index (Phi) is 3.59. The number of nitrogens with two attached hydrogens (primary N) is 1. The summed E-state index contributed by atoms with van der Waals surface area (Å²) in [6, 6.07) is 7.91. The molecule has 2 aromatic rings. The van der Waals surface area contributed by atoms with Crippen LogP contribution in [0.4, 0.5) is 0 Å². The van der Waals surface area contributed by atoms with Crippen LogP contribution in [0.25, 0.3) is 0 Å². The number of aryl methyl sites for hydroxylation is 1. The van der Waals surface area contributed by atoms with Crippen LogP contribution in [-0.4, -0.2) is 4.98 Å². The topological polar surface area (TPSA) is 38.9 Å². The Morgan fingerprint density at radius 1 is 1.38 bits per heavy atom. The third kappa shape index (κ3) is 2.82. The van der Waals surface area contributed by atoms with Gasteiger partial charge in [0.2, 0.25) is 0 Å². The molecule has 2 nitrogen and oxygen atoms in total. The van der Waals surface area contributed by atoms with Crippen LogP contribution in [0.5, 0.6) is 0 Å². The number of hydrogen-bond acceptors (Lipinski definition) is 3. The van der Waals surface area contributed by atoms with Crippen LogP contribution in [0.1, 0.15) is 22.2 Å². The van der Waals surface area contributed by atoms with Gasteiger partial charge in [0.1, 0.15) is 0 Å². The fourth-order valence-corrected chi connectivity index (χ4v) is 2.53. The Bertz CT molecular complexity index is 464. The van der Waals surface area contributed by atoms with Crippen LogP contribution in [0.15, 0.2) is 30.5 Å². The predicted octanol–water partition coefficient (Wildman–Crippen LogP) is 3.35. The number of thiophene rings is 1. The predicted molar refractivity (Wildman–Crippen MR) is 68.9 cm³/mol. The first kappa shape index (κ1) is 11.6. The van der Waals surface area contributed by atoms with Crippen molar-refractivity contribution < 1.29 is 0 Å². The Labute approximate surface area is 104 Å². The van der Waals surface area contributed by atoms with E-state index in [1.807, 2.05) is 31.3 Å². The molecule has 0 amide bonds. The first-order valence-corrected chi connectivity index (χ1v) is 6.27. The van der Waals surface area contributed by atoms with E-state index >= 15 is 0 Å². The first-order valence-electron chi connectivity index (χ1n) is 5.07. The average Bonchev–Trinajstić information content (AvgIpc) is 2.68. The molecule has 0 bridgehead atoms. The van der Waals surface area contributed by atoms with Gasteiger partial charge in [-0.2, -0.15) is 0 Å². The Morgan fingerprint density at radius 2 is 2.19 bits per heavy atom. The Morgan fingerprint density at radius 3 is 2.75 bits per heavy atom. The van der Waals surface area contributed by atoms with Crippen molar-refractivity contribution in [1.29, 1.82) is 0 Å². The molecular weight excluding hydrogens is 240 g/mol. The first-order chi connectivity index (χ1) is 7.65. The monoisotopic (exact) mass is 252 g/mol. The molecule has 0 fully saturated rings. The zero-order valence-electron chi connectivity index (χ0n) is 8.98. The summed E-state index contributed by atoms with van der Waals surface area (Å²) in [7, 11) is 0. The summed E-state index contributed by atoms with van der Waals surface area (Å²) in [6.45, 7) is 2.02. The van der Waals surface area contributed by atoms with Crippen LogP contribution in [0, 0.1) is 6.92 Å². The number of nitrogens with zero attached hydrogens (tertiary/aromatic N) is 1. The van der Waals surface area contributed by atoms with E-state index in [0.29, 0.717) is 0 Å². The highest BCUT2D eigenvalue weighted by Crippen LogP contribution is 2.27. The summed E-state index contributed by atoms with van der Waals surface area (Å²) >= 11 is 7.41. The highest BCUT2D eigenvalue weighted by Gasteiger charge is 2.10. The van der Waals surface area contributed by atoms with Crippen LogP contribution in [0.2, 0.25) is 4.34 Å². The second kappa shape index (κ2) is 4.95. The minimum Gasteiger partial charge on any atom is -0.323 e. The van der Waals surface area contributed by atoms with Gasteiger partial charge < -0.3 is 5.73 Å². The van der Waals surface area contributed by atoms with Crippen molar-refractivity contribution in [2.45, 2.75) is 19.4 Å². The van der Waals surface area contributed by atoms with E-state index < -0.39 is 0 Å². The zero-order chi connectivity index (χ0) is 11.5. The van der Waals surface area contributed by atoms with Gasteiger partial charge in [-0.25, -0.2) is 0 Å². The molecule has 1 unspecified atom stereocenters. The van der Waals surface area contributed by atoms with Crippen molar-refractivity contribution >= 4 is 22.9 Å². The van der Waals surface area contributed by atoms with Gasteiger partial charge in [-0.05, 0) is 30.7 Å². The summed E-state index contributed by atoms with van der Waals surface area (Å²) in [4.78, 5) is 5.45. The molecule has 2 rings (SSSR count). The van der Waals surface area contributed by atoms with E-state index in [-0.39, 0.29) is 6.04 Å². The Balaban J connectivity index is 2.07. The molecule has 0 aliphatic rings. The normalized spacial score (nSPS) is 12.7. The fourth-order valence-electron chi connectivity index (χ4n) is 1.47. The molecule has 0 aliphatic carbocycles. The van der Waals surface area contributed by atoms with Crippen molar-refractivity contribution in [2.24, 2.45) is 5.73 Å². The number of aromatic nitrogens is 1. The molecule has 2 heterocycles. The molecule has 4 heteroatoms. The number of halogens is 1. The maximum absolute atomic E-state index is 6.09. The highest BCUT2D eigenvalue weighted by atomic mass is 35.5. The molecule has 0 saturated heterocycles. The van der Waals surface area contributed by atoms with Crippen molar-refractivity contribution in [2.75, 3.05) is 0 Å². The second-order valence-electron chi connectivity index (χ2n) is 3.78. The summed E-state index contributed by atoms with van der Waals surface area (Å²) in [5.41, 5.74) is 8.27. The smallest absolute Gasteiger partial charge is 0.0931 e. The van der Waals surface area contributed by atoms with E-state index in [9.17, 15) is 0 Å². The average molecular weight is 253 g/mol. The van der Waals surface area contributed by atoms with Crippen LogP contribution < -0.4 is 5.73 Å². The van der Waals surface area contributed by atoms with E-state index in [0.717, 1.165) is 26.9 Å². The number of hydrogen-bond donors (Lipinski definition) is 1. The molecule has 0 spiro atoms. The molecule has 16 heavy (non-hydrogen) atoms. The standard InChI is InChI=1S/C12H13ClN2S/c1-8-2-3-9(15-7-8)6-10(14)11-4-5-12(13)16-11/h2-5,7,10H,6,14H2,1H3. The minimum atomic E-state index is -0.0206. The number of pyridine rings is 1. The van der Waals surface area contributed by atoms with Crippen molar-refractivity contribution in [1.82, 2.24) is 4.98 Å². The second-order valence-corrected chi connectivity index (χ2v) is 5.53. The lowest BCUT2D eigenvalue weighted by molar-refractivity contribution is 0.719. The summed E-state index contributed by atoms with van der Waals surface area (Å²) in [5, 5.41) is 0. The van der Waals surface area contributed by atoms with E-state index in [4.69, 9.17) is 17.3 Å².